The minimum absolute atomic E-state index is 0.594. The number of hydrogen-bond acceptors (Lipinski definition) is 1. The first-order valence-corrected chi connectivity index (χ1v) is 4.83. The van der Waals surface area contributed by atoms with Gasteiger partial charge in [0.05, 0.1) is 0 Å². The van der Waals surface area contributed by atoms with Crippen LogP contribution < -0.4 is 0 Å². The Bertz CT molecular complexity index is 496. The van der Waals surface area contributed by atoms with Gasteiger partial charge in [-0.15, -0.1) is 0 Å². The molecule has 0 fully saturated rings. The van der Waals surface area contributed by atoms with Crippen molar-refractivity contribution in [2.75, 3.05) is 0 Å². The molecule has 1 aromatic rings. The van der Waals surface area contributed by atoms with Crippen LogP contribution in [0.25, 0.3) is 0 Å². The molecule has 0 aliphatic rings. The second-order valence-corrected chi connectivity index (χ2v) is 3.02. The Kier molecular flexibility index (Phi) is 4.56. The fraction of sp³-hybridized carbons (Fsp3) is 0. The van der Waals surface area contributed by atoms with Gasteiger partial charge in [-0.2, -0.15) is 0 Å². The van der Waals surface area contributed by atoms with Crippen molar-refractivity contribution < 1.29 is 4.79 Å². The molecule has 0 heterocycles. The van der Waals surface area contributed by atoms with E-state index in [4.69, 9.17) is 0 Å². The van der Waals surface area contributed by atoms with Crippen molar-refractivity contribution in [1.82, 2.24) is 0 Å². The Morgan fingerprint density at radius 1 is 1.25 bits per heavy atom. The number of aldehydes is 1. The van der Waals surface area contributed by atoms with Gasteiger partial charge >= 0.3 is 0 Å². The Morgan fingerprint density at radius 3 is 2.62 bits per heavy atom. The van der Waals surface area contributed by atoms with E-state index in [1.807, 2.05) is 18.2 Å². The highest BCUT2D eigenvalue weighted by atomic mass is 16.1. The van der Waals surface area contributed by atoms with Gasteiger partial charge in [-0.05, 0) is 12.1 Å². The van der Waals surface area contributed by atoms with Gasteiger partial charge in [0.15, 0.2) is 6.29 Å². The summed E-state index contributed by atoms with van der Waals surface area (Å²) in [5.41, 5.74) is 2.09. The van der Waals surface area contributed by atoms with Gasteiger partial charge in [0.25, 0.3) is 0 Å². The predicted octanol–water partition coefficient (Wildman–Crippen LogP) is 3.15. The molecule has 78 valence electrons. The minimum Gasteiger partial charge on any atom is -0.298 e. The lowest BCUT2D eigenvalue weighted by Gasteiger charge is -1.94. The van der Waals surface area contributed by atoms with E-state index in [1.54, 1.807) is 24.3 Å². The third kappa shape index (κ3) is 3.11. The molecule has 0 spiro atoms. The van der Waals surface area contributed by atoms with E-state index in [1.165, 1.54) is 0 Å². The first-order chi connectivity index (χ1) is 7.81. The molecule has 0 bridgehead atoms. The molecule has 0 radical (unpaired) electrons. The molecular formula is C15H12O. The summed E-state index contributed by atoms with van der Waals surface area (Å²) in [5.74, 6) is 5.86. The fourth-order valence-corrected chi connectivity index (χ4v) is 1.14. The number of benzene rings is 1. The number of carbonyl (C=O) groups excluding carboxylic acids is 1. The maximum absolute atomic E-state index is 10.7. The molecule has 1 rings (SSSR count). The summed E-state index contributed by atoms with van der Waals surface area (Å²) in [7, 11) is 0. The zero-order valence-corrected chi connectivity index (χ0v) is 8.94. The molecule has 0 atom stereocenters. The lowest BCUT2D eigenvalue weighted by molar-refractivity contribution is 0.112. The van der Waals surface area contributed by atoms with E-state index >= 15 is 0 Å². The maximum atomic E-state index is 10.7. The standard InChI is InChI=1S/C15H12O/c1-3-7-13(4-2)10-11-14-8-5-6-9-15(14)12-16/h3-9,12H,1-2H2/b13-7+. The second-order valence-electron chi connectivity index (χ2n) is 3.02. The van der Waals surface area contributed by atoms with Crippen LogP contribution in [0.3, 0.4) is 0 Å². The third-order valence-corrected chi connectivity index (χ3v) is 1.95. The van der Waals surface area contributed by atoms with Gasteiger partial charge in [-0.3, -0.25) is 4.79 Å². The van der Waals surface area contributed by atoms with E-state index < -0.39 is 0 Å². The minimum atomic E-state index is 0.594. The molecule has 16 heavy (non-hydrogen) atoms. The topological polar surface area (TPSA) is 17.1 Å². The second kappa shape index (κ2) is 6.21. The average molecular weight is 208 g/mol. The summed E-state index contributed by atoms with van der Waals surface area (Å²) in [4.78, 5) is 10.7. The zero-order chi connectivity index (χ0) is 11.8. The summed E-state index contributed by atoms with van der Waals surface area (Å²) in [5, 5.41) is 0. The van der Waals surface area contributed by atoms with Crippen LogP contribution in [0.1, 0.15) is 15.9 Å². The van der Waals surface area contributed by atoms with Crippen LogP contribution >= 0.6 is 0 Å². The van der Waals surface area contributed by atoms with Crippen LogP contribution in [0.15, 0.2) is 61.2 Å². The van der Waals surface area contributed by atoms with E-state index in [-0.39, 0.29) is 0 Å². The highest BCUT2D eigenvalue weighted by Crippen LogP contribution is 2.04. The molecular weight excluding hydrogens is 196 g/mol. The largest absolute Gasteiger partial charge is 0.298 e. The van der Waals surface area contributed by atoms with Crippen molar-refractivity contribution in [2.24, 2.45) is 0 Å². The quantitative estimate of drug-likeness (QED) is 0.423. The van der Waals surface area contributed by atoms with Crippen molar-refractivity contribution in [3.63, 3.8) is 0 Å². The molecule has 0 aromatic heterocycles. The summed E-state index contributed by atoms with van der Waals surface area (Å²) in [6.45, 7) is 7.24. The van der Waals surface area contributed by atoms with E-state index in [0.29, 0.717) is 11.1 Å². The average Bonchev–Trinajstić information content (AvgIpc) is 2.34. The molecule has 0 saturated carbocycles. The molecule has 0 aliphatic carbocycles. The third-order valence-electron chi connectivity index (χ3n) is 1.95. The predicted molar refractivity (Wildman–Crippen MR) is 67.2 cm³/mol. The normalized spacial score (nSPS) is 9.88. The molecule has 1 aromatic carbocycles. The molecule has 0 saturated heterocycles. The van der Waals surface area contributed by atoms with E-state index in [0.717, 1.165) is 11.9 Å². The summed E-state index contributed by atoms with van der Waals surface area (Å²) in [6.07, 6.45) is 5.87. The van der Waals surface area contributed by atoms with Crippen LogP contribution in [-0.4, -0.2) is 6.29 Å². The van der Waals surface area contributed by atoms with Crippen LogP contribution in [0.5, 0.6) is 0 Å². The molecule has 1 nitrogen and oxygen atoms in total. The molecule has 0 amide bonds. The van der Waals surface area contributed by atoms with Crippen molar-refractivity contribution in [1.29, 1.82) is 0 Å². The first-order valence-electron chi connectivity index (χ1n) is 4.83. The summed E-state index contributed by atoms with van der Waals surface area (Å²) in [6, 6.07) is 7.21. The highest BCUT2D eigenvalue weighted by Gasteiger charge is 1.95. The van der Waals surface area contributed by atoms with E-state index in [9.17, 15) is 4.79 Å². The fourth-order valence-electron chi connectivity index (χ4n) is 1.14. The molecule has 0 aliphatic heterocycles. The molecule has 0 N–H and O–H groups in total. The first kappa shape index (κ1) is 11.7. The van der Waals surface area contributed by atoms with Gasteiger partial charge in [0, 0.05) is 16.7 Å². The zero-order valence-electron chi connectivity index (χ0n) is 8.94. The van der Waals surface area contributed by atoms with Crippen molar-refractivity contribution >= 4 is 6.29 Å². The summed E-state index contributed by atoms with van der Waals surface area (Å²) < 4.78 is 0. The van der Waals surface area contributed by atoms with Crippen LogP contribution in [0, 0.1) is 11.8 Å². The van der Waals surface area contributed by atoms with Crippen molar-refractivity contribution in [3.8, 4) is 11.8 Å². The lowest BCUT2D eigenvalue weighted by Crippen LogP contribution is -1.85. The smallest absolute Gasteiger partial charge is 0.151 e. The Morgan fingerprint density at radius 2 is 2.00 bits per heavy atom. The maximum Gasteiger partial charge on any atom is 0.151 e. The van der Waals surface area contributed by atoms with Gasteiger partial charge in [0.2, 0.25) is 0 Å². The SMILES string of the molecule is C=C/C=C(/C#Cc1ccccc1C=O)C=C. The Labute approximate surface area is 95.8 Å². The van der Waals surface area contributed by atoms with Crippen molar-refractivity contribution in [2.45, 2.75) is 0 Å². The number of carbonyl (C=O) groups is 1. The van der Waals surface area contributed by atoms with E-state index in [2.05, 4.69) is 25.0 Å². The number of allylic oxidation sites excluding steroid dienone is 4. The van der Waals surface area contributed by atoms with Gasteiger partial charge < -0.3 is 0 Å². The highest BCUT2D eigenvalue weighted by molar-refractivity contribution is 5.79. The molecule has 1 heteroatoms. The molecule has 0 unspecified atom stereocenters. The number of hydrogen-bond donors (Lipinski definition) is 0. The van der Waals surface area contributed by atoms with Crippen LogP contribution in [0.4, 0.5) is 0 Å². The van der Waals surface area contributed by atoms with Crippen LogP contribution in [-0.2, 0) is 0 Å². The van der Waals surface area contributed by atoms with Crippen LogP contribution in [0.2, 0.25) is 0 Å². The van der Waals surface area contributed by atoms with Crippen molar-refractivity contribution in [3.05, 3.63) is 72.4 Å². The Hall–Kier alpha value is -2.33. The lowest BCUT2D eigenvalue weighted by atomic mass is 10.1. The van der Waals surface area contributed by atoms with Gasteiger partial charge in [-0.25, -0.2) is 0 Å². The van der Waals surface area contributed by atoms with Gasteiger partial charge in [0.1, 0.15) is 0 Å². The summed E-state index contributed by atoms with van der Waals surface area (Å²) >= 11 is 0. The number of rotatable bonds is 3. The Balaban J connectivity index is 3.08. The van der Waals surface area contributed by atoms with Gasteiger partial charge in [-0.1, -0.05) is 55.3 Å². The monoisotopic (exact) mass is 208 g/mol.